The number of aromatic nitrogens is 2. The van der Waals surface area contributed by atoms with Gasteiger partial charge < -0.3 is 21.5 Å². The molecule has 0 fully saturated rings. The molecule has 0 spiro atoms. The molecular weight excluding hydrogens is 402 g/mol. The molecule has 5 rings (SSSR count). The van der Waals surface area contributed by atoms with E-state index in [4.69, 9.17) is 21.3 Å². The molecule has 160 valence electrons. The van der Waals surface area contributed by atoms with Crippen molar-refractivity contribution in [1.82, 2.24) is 9.78 Å². The number of primary amides is 1. The second-order valence-electron chi connectivity index (χ2n) is 7.72. The van der Waals surface area contributed by atoms with Crippen molar-refractivity contribution in [3.8, 4) is 22.8 Å². The maximum absolute atomic E-state index is 12.4. The highest BCUT2D eigenvalue weighted by molar-refractivity contribution is 6.03. The van der Waals surface area contributed by atoms with Gasteiger partial charge in [0, 0.05) is 17.8 Å². The first-order chi connectivity index (χ1) is 15.6. The van der Waals surface area contributed by atoms with E-state index >= 15 is 0 Å². The molecule has 4 aromatic rings. The van der Waals surface area contributed by atoms with E-state index in [1.54, 1.807) is 0 Å². The lowest BCUT2D eigenvalue weighted by atomic mass is 10.0. The molecule has 0 radical (unpaired) electrons. The zero-order chi connectivity index (χ0) is 22.1. The van der Waals surface area contributed by atoms with Gasteiger partial charge in [-0.15, -0.1) is 0 Å². The fourth-order valence-electron chi connectivity index (χ4n) is 4.09. The van der Waals surface area contributed by atoms with Gasteiger partial charge >= 0.3 is 0 Å². The number of hydrogen-bond acceptors (Lipinski definition) is 5. The molecule has 5 N–H and O–H groups in total. The third-order valence-electron chi connectivity index (χ3n) is 5.56. The number of nitrogens with zero attached hydrogens (tertiary/aromatic N) is 2. The number of para-hydroxylation sites is 1. The first-order valence-electron chi connectivity index (χ1n) is 10.4. The van der Waals surface area contributed by atoms with Crippen molar-refractivity contribution >= 4 is 17.4 Å². The Labute approximate surface area is 185 Å². The van der Waals surface area contributed by atoms with Crippen LogP contribution in [0.3, 0.4) is 0 Å². The van der Waals surface area contributed by atoms with Crippen molar-refractivity contribution in [2.24, 2.45) is 5.73 Å². The molecule has 1 aromatic heterocycles. The number of carbonyl (C=O) groups excluding carboxylic acids is 1. The number of amides is 1. The number of hydrogen-bond donors (Lipinski definition) is 3. The molecule has 0 unspecified atom stereocenters. The number of fused-ring (bicyclic) bond motifs is 1. The number of benzene rings is 3. The molecule has 1 aliphatic heterocycles. The molecule has 0 saturated carbocycles. The smallest absolute Gasteiger partial charge is 0.254 e. The lowest BCUT2D eigenvalue weighted by Crippen LogP contribution is -2.26. The molecule has 0 saturated heterocycles. The Morgan fingerprint density at radius 3 is 2.47 bits per heavy atom. The van der Waals surface area contributed by atoms with Crippen LogP contribution < -0.4 is 21.5 Å². The van der Waals surface area contributed by atoms with E-state index < -0.39 is 5.91 Å². The van der Waals surface area contributed by atoms with Gasteiger partial charge in [0.15, 0.2) is 0 Å². The zero-order valence-electron chi connectivity index (χ0n) is 17.4. The Kier molecular flexibility index (Phi) is 4.99. The highest BCUT2D eigenvalue weighted by atomic mass is 16.5. The summed E-state index contributed by atoms with van der Waals surface area (Å²) < 4.78 is 7.72. The fourth-order valence-corrected chi connectivity index (χ4v) is 4.09. The van der Waals surface area contributed by atoms with E-state index in [2.05, 4.69) is 5.32 Å². The second-order valence-corrected chi connectivity index (χ2v) is 7.72. The first kappa shape index (κ1) is 19.7. The largest absolute Gasteiger partial charge is 0.457 e. The van der Waals surface area contributed by atoms with E-state index in [9.17, 15) is 4.79 Å². The molecule has 3 aromatic carbocycles. The minimum Gasteiger partial charge on any atom is -0.457 e. The predicted octanol–water partition coefficient (Wildman–Crippen LogP) is 4.43. The van der Waals surface area contributed by atoms with Crippen LogP contribution in [0.25, 0.3) is 11.3 Å². The Bertz CT molecular complexity index is 1270. The highest BCUT2D eigenvalue weighted by Gasteiger charge is 2.30. The summed E-state index contributed by atoms with van der Waals surface area (Å²) in [5, 5.41) is 8.12. The van der Waals surface area contributed by atoms with Crippen molar-refractivity contribution in [1.29, 1.82) is 0 Å². The zero-order valence-corrected chi connectivity index (χ0v) is 17.4. The highest BCUT2D eigenvalue weighted by Crippen LogP contribution is 2.37. The van der Waals surface area contributed by atoms with Gasteiger partial charge in [0.05, 0.1) is 6.04 Å². The SMILES string of the molecule is NC(=O)c1c(-c2ccc(Oc3ccccc3)cc2)nn2c1NCC[C@@H]2c1cccc(N)c1. The average Bonchev–Trinajstić information content (AvgIpc) is 3.20. The van der Waals surface area contributed by atoms with E-state index in [1.165, 1.54) is 0 Å². The number of nitrogens with two attached hydrogens (primary N) is 2. The van der Waals surface area contributed by atoms with Crippen LogP contribution in [0.5, 0.6) is 11.5 Å². The first-order valence-corrected chi connectivity index (χ1v) is 10.4. The molecule has 1 atom stereocenters. The third-order valence-corrected chi connectivity index (χ3v) is 5.56. The van der Waals surface area contributed by atoms with Gasteiger partial charge in [0.2, 0.25) is 0 Å². The number of nitrogens with one attached hydrogen (secondary N) is 1. The minimum absolute atomic E-state index is 0.0395. The summed E-state index contributed by atoms with van der Waals surface area (Å²) in [5.74, 6) is 1.56. The molecule has 7 heteroatoms. The molecule has 1 amide bonds. The molecule has 7 nitrogen and oxygen atoms in total. The van der Waals surface area contributed by atoms with Crippen molar-refractivity contribution in [3.05, 3.63) is 90.0 Å². The fraction of sp³-hybridized carbons (Fsp3) is 0.120. The van der Waals surface area contributed by atoms with Crippen LogP contribution in [-0.4, -0.2) is 22.2 Å². The van der Waals surface area contributed by atoms with Crippen molar-refractivity contribution in [3.63, 3.8) is 0 Å². The van der Waals surface area contributed by atoms with Gasteiger partial charge in [-0.05, 0) is 60.5 Å². The van der Waals surface area contributed by atoms with Gasteiger partial charge in [-0.3, -0.25) is 4.79 Å². The standard InChI is InChI=1S/C25H23N5O2/c26-18-6-4-5-17(15-18)21-13-14-28-25-22(24(27)31)23(29-30(21)25)16-9-11-20(12-10-16)32-19-7-2-1-3-8-19/h1-12,15,21,28H,13-14,26H2,(H2,27,31)/t21-/m1/s1. The number of carbonyl (C=O) groups is 1. The summed E-state index contributed by atoms with van der Waals surface area (Å²) in [5.41, 5.74) is 15.2. The maximum Gasteiger partial charge on any atom is 0.254 e. The van der Waals surface area contributed by atoms with Crippen molar-refractivity contribution < 1.29 is 9.53 Å². The average molecular weight is 425 g/mol. The normalized spacial score (nSPS) is 14.9. The van der Waals surface area contributed by atoms with E-state index in [0.717, 1.165) is 23.3 Å². The molecule has 1 aliphatic rings. The number of nitrogen functional groups attached to an aromatic ring is 1. The predicted molar refractivity (Wildman–Crippen MR) is 125 cm³/mol. The van der Waals surface area contributed by atoms with Gasteiger partial charge in [0.25, 0.3) is 5.91 Å². The van der Waals surface area contributed by atoms with Crippen molar-refractivity contribution in [2.45, 2.75) is 12.5 Å². The molecular formula is C25H23N5O2. The van der Waals surface area contributed by atoms with Gasteiger partial charge in [-0.25, -0.2) is 4.68 Å². The third kappa shape index (κ3) is 3.65. The quantitative estimate of drug-likeness (QED) is 0.410. The monoisotopic (exact) mass is 425 g/mol. The van der Waals surface area contributed by atoms with Gasteiger partial charge in [0.1, 0.15) is 28.6 Å². The molecule has 0 bridgehead atoms. The summed E-state index contributed by atoms with van der Waals surface area (Å²) in [6.45, 7) is 0.703. The number of ether oxygens (including phenoxy) is 1. The van der Waals surface area contributed by atoms with Crippen molar-refractivity contribution in [2.75, 3.05) is 17.6 Å². The Balaban J connectivity index is 1.53. The lowest BCUT2D eigenvalue weighted by molar-refractivity contribution is 0.100. The second kappa shape index (κ2) is 8.11. The van der Waals surface area contributed by atoms with Crippen LogP contribution in [0.1, 0.15) is 28.4 Å². The number of anilines is 2. The minimum atomic E-state index is -0.522. The topological polar surface area (TPSA) is 108 Å². The summed E-state index contributed by atoms with van der Waals surface area (Å²) in [6.07, 6.45) is 0.819. The van der Waals surface area contributed by atoms with E-state index in [1.807, 2.05) is 83.5 Å². The van der Waals surface area contributed by atoms with Gasteiger partial charge in [-0.1, -0.05) is 30.3 Å². The Morgan fingerprint density at radius 1 is 1.00 bits per heavy atom. The van der Waals surface area contributed by atoms with E-state index in [0.29, 0.717) is 35.1 Å². The van der Waals surface area contributed by atoms with Crippen LogP contribution >= 0.6 is 0 Å². The number of rotatable bonds is 5. The maximum atomic E-state index is 12.4. The summed E-state index contributed by atoms with van der Waals surface area (Å²) >= 11 is 0. The Morgan fingerprint density at radius 2 is 1.75 bits per heavy atom. The summed E-state index contributed by atoms with van der Waals surface area (Å²) in [6, 6.07) is 24.8. The lowest BCUT2D eigenvalue weighted by Gasteiger charge is -2.26. The van der Waals surface area contributed by atoms with Crippen LogP contribution in [0.2, 0.25) is 0 Å². The summed E-state index contributed by atoms with van der Waals surface area (Å²) in [4.78, 5) is 12.4. The van der Waals surface area contributed by atoms with Crippen LogP contribution in [-0.2, 0) is 0 Å². The van der Waals surface area contributed by atoms with Crippen LogP contribution in [0.4, 0.5) is 11.5 Å². The van der Waals surface area contributed by atoms with Crippen LogP contribution in [0, 0.1) is 0 Å². The van der Waals surface area contributed by atoms with E-state index in [-0.39, 0.29) is 6.04 Å². The molecule has 32 heavy (non-hydrogen) atoms. The van der Waals surface area contributed by atoms with Gasteiger partial charge in [-0.2, -0.15) is 5.10 Å². The molecule has 0 aliphatic carbocycles. The Hall–Kier alpha value is -4.26. The summed E-state index contributed by atoms with van der Waals surface area (Å²) in [7, 11) is 0. The van der Waals surface area contributed by atoms with Crippen LogP contribution in [0.15, 0.2) is 78.9 Å². The molecule has 2 heterocycles.